The highest BCUT2D eigenvalue weighted by molar-refractivity contribution is 6.30. The summed E-state index contributed by atoms with van der Waals surface area (Å²) in [6.45, 7) is 0. The topological polar surface area (TPSA) is 81.0 Å². The van der Waals surface area contributed by atoms with Gasteiger partial charge in [0.05, 0.1) is 4.92 Å². The maximum atomic E-state index is 13.3. The van der Waals surface area contributed by atoms with E-state index in [0.29, 0.717) is 0 Å². The number of nitrogens with one attached hydrogen (secondary N) is 1. The molecule has 6 nitrogen and oxygen atoms in total. The maximum absolute atomic E-state index is 13.3. The Morgan fingerprint density at radius 1 is 1.42 bits per heavy atom. The van der Waals surface area contributed by atoms with Gasteiger partial charge in [0.1, 0.15) is 12.0 Å². The molecule has 0 radical (unpaired) electrons. The second-order valence-corrected chi connectivity index (χ2v) is 4.03. The van der Waals surface area contributed by atoms with Crippen molar-refractivity contribution in [1.29, 1.82) is 0 Å². The largest absolute Gasteiger partial charge is 0.357 e. The minimum Gasteiger partial charge on any atom is -0.357 e. The van der Waals surface area contributed by atoms with Crippen LogP contribution < -0.4 is 5.32 Å². The van der Waals surface area contributed by atoms with Crippen LogP contribution in [0.2, 0.25) is 5.02 Å². The Balaban J connectivity index is 2.67. The Bertz CT molecular complexity index is 630. The van der Waals surface area contributed by atoms with Gasteiger partial charge in [-0.15, -0.1) is 0 Å². The second kappa shape index (κ2) is 5.15. The van der Waals surface area contributed by atoms with Gasteiger partial charge in [-0.05, 0) is 18.2 Å². The van der Waals surface area contributed by atoms with Crippen molar-refractivity contribution < 1.29 is 9.31 Å². The molecule has 0 unspecified atom stereocenters. The van der Waals surface area contributed by atoms with Crippen LogP contribution >= 0.6 is 11.6 Å². The van der Waals surface area contributed by atoms with Gasteiger partial charge in [-0.25, -0.2) is 14.4 Å². The lowest BCUT2D eigenvalue weighted by atomic mass is 10.1. The van der Waals surface area contributed by atoms with E-state index in [4.69, 9.17) is 11.6 Å². The van der Waals surface area contributed by atoms with Crippen LogP contribution in [-0.4, -0.2) is 21.9 Å². The molecule has 0 atom stereocenters. The van der Waals surface area contributed by atoms with E-state index in [1.807, 2.05) is 0 Å². The summed E-state index contributed by atoms with van der Waals surface area (Å²) in [7, 11) is 1.57. The normalized spacial score (nSPS) is 10.3. The van der Waals surface area contributed by atoms with E-state index in [0.717, 1.165) is 18.3 Å². The van der Waals surface area contributed by atoms with Crippen LogP contribution in [0.5, 0.6) is 0 Å². The van der Waals surface area contributed by atoms with E-state index in [9.17, 15) is 14.5 Å². The minimum atomic E-state index is -0.631. The minimum absolute atomic E-state index is 0.00532. The molecule has 1 aromatic heterocycles. The summed E-state index contributed by atoms with van der Waals surface area (Å²) < 4.78 is 13.3. The highest BCUT2D eigenvalue weighted by Crippen LogP contribution is 2.30. The third-order valence-corrected chi connectivity index (χ3v) is 2.54. The van der Waals surface area contributed by atoms with Crippen molar-refractivity contribution in [1.82, 2.24) is 9.97 Å². The first kappa shape index (κ1) is 13.2. The van der Waals surface area contributed by atoms with Gasteiger partial charge in [0.15, 0.2) is 5.69 Å². The summed E-state index contributed by atoms with van der Waals surface area (Å²) in [6.07, 6.45) is 1.06. The zero-order valence-electron chi connectivity index (χ0n) is 9.72. The average Bonchev–Trinajstić information content (AvgIpc) is 2.36. The molecule has 0 aliphatic carbocycles. The molecular formula is C11H8ClFN4O2. The van der Waals surface area contributed by atoms with Crippen molar-refractivity contribution in [2.75, 3.05) is 12.4 Å². The molecule has 0 saturated carbocycles. The van der Waals surface area contributed by atoms with Crippen molar-refractivity contribution in [3.63, 3.8) is 0 Å². The molecule has 19 heavy (non-hydrogen) atoms. The predicted molar refractivity (Wildman–Crippen MR) is 68.6 cm³/mol. The summed E-state index contributed by atoms with van der Waals surface area (Å²) >= 11 is 5.74. The molecule has 2 rings (SSSR count). The summed E-state index contributed by atoms with van der Waals surface area (Å²) in [5.41, 5.74) is -0.0954. The number of halogens is 2. The van der Waals surface area contributed by atoms with Gasteiger partial charge in [-0.2, -0.15) is 0 Å². The number of nitrogens with zero attached hydrogens (tertiary/aromatic N) is 3. The van der Waals surface area contributed by atoms with E-state index in [2.05, 4.69) is 15.3 Å². The fraction of sp³-hybridized carbons (Fsp3) is 0.0909. The van der Waals surface area contributed by atoms with Gasteiger partial charge in [-0.1, -0.05) is 11.6 Å². The molecular weight excluding hydrogens is 275 g/mol. The monoisotopic (exact) mass is 282 g/mol. The van der Waals surface area contributed by atoms with E-state index in [-0.39, 0.29) is 27.9 Å². The zero-order valence-corrected chi connectivity index (χ0v) is 10.5. The van der Waals surface area contributed by atoms with Crippen LogP contribution in [0.25, 0.3) is 11.3 Å². The van der Waals surface area contributed by atoms with Crippen LogP contribution in [0.1, 0.15) is 0 Å². The highest BCUT2D eigenvalue weighted by Gasteiger charge is 2.19. The molecule has 0 amide bonds. The van der Waals surface area contributed by atoms with Crippen LogP contribution in [-0.2, 0) is 0 Å². The molecule has 0 fully saturated rings. The predicted octanol–water partition coefficient (Wildman–Crippen LogP) is 2.89. The molecule has 0 bridgehead atoms. The Morgan fingerprint density at radius 2 is 2.16 bits per heavy atom. The van der Waals surface area contributed by atoms with Gasteiger partial charge >= 0.3 is 5.69 Å². The van der Waals surface area contributed by atoms with Gasteiger partial charge in [0.2, 0.25) is 5.95 Å². The first-order valence-corrected chi connectivity index (χ1v) is 5.54. The molecule has 98 valence electrons. The Morgan fingerprint density at radius 3 is 2.74 bits per heavy atom. The summed E-state index contributed by atoms with van der Waals surface area (Å²) in [6, 6.07) is 3.64. The molecule has 0 aliphatic rings. The third-order valence-electron chi connectivity index (χ3n) is 2.33. The van der Waals surface area contributed by atoms with Crippen LogP contribution in [0.15, 0.2) is 24.4 Å². The quantitative estimate of drug-likeness (QED) is 0.691. The van der Waals surface area contributed by atoms with E-state index in [1.165, 1.54) is 6.07 Å². The number of rotatable bonds is 3. The number of hydrogen-bond donors (Lipinski definition) is 1. The van der Waals surface area contributed by atoms with E-state index >= 15 is 0 Å². The standard InChI is InChI=1S/C11H8ClFN4O2/c1-14-11-15-5-9(17(18)19)10(16-11)6-2-7(12)4-8(13)3-6/h2-5H,1H3,(H,14,15,16). The molecule has 8 heteroatoms. The number of nitro groups is 1. The van der Waals surface area contributed by atoms with E-state index in [1.54, 1.807) is 7.05 Å². The first-order chi connectivity index (χ1) is 9.01. The fourth-order valence-corrected chi connectivity index (χ4v) is 1.75. The van der Waals surface area contributed by atoms with Gasteiger partial charge < -0.3 is 5.32 Å². The van der Waals surface area contributed by atoms with E-state index < -0.39 is 10.7 Å². The molecule has 1 aromatic carbocycles. The fourth-order valence-electron chi connectivity index (χ4n) is 1.53. The Kier molecular flexibility index (Phi) is 3.57. The molecule has 0 aliphatic heterocycles. The number of hydrogen-bond acceptors (Lipinski definition) is 5. The van der Waals surface area contributed by atoms with Crippen molar-refractivity contribution in [3.8, 4) is 11.3 Å². The van der Waals surface area contributed by atoms with Gasteiger partial charge in [0, 0.05) is 17.6 Å². The maximum Gasteiger partial charge on any atom is 0.313 e. The molecule has 0 spiro atoms. The molecule has 1 N–H and O–H groups in total. The van der Waals surface area contributed by atoms with Gasteiger partial charge in [0.25, 0.3) is 0 Å². The molecule has 2 aromatic rings. The van der Waals surface area contributed by atoms with Crippen molar-refractivity contribution in [2.45, 2.75) is 0 Å². The Hall–Kier alpha value is -2.28. The first-order valence-electron chi connectivity index (χ1n) is 5.17. The van der Waals surface area contributed by atoms with Crippen molar-refractivity contribution in [3.05, 3.63) is 45.4 Å². The van der Waals surface area contributed by atoms with Crippen molar-refractivity contribution >= 4 is 23.2 Å². The molecule has 0 saturated heterocycles. The number of benzene rings is 1. The lowest BCUT2D eigenvalue weighted by Gasteiger charge is -2.05. The van der Waals surface area contributed by atoms with Crippen LogP contribution in [0, 0.1) is 15.9 Å². The smallest absolute Gasteiger partial charge is 0.313 e. The van der Waals surface area contributed by atoms with Crippen LogP contribution in [0.3, 0.4) is 0 Å². The lowest BCUT2D eigenvalue weighted by Crippen LogP contribution is -2.01. The summed E-state index contributed by atoms with van der Waals surface area (Å²) in [5.74, 6) is -0.401. The summed E-state index contributed by atoms with van der Waals surface area (Å²) in [5, 5.41) is 13.7. The Labute approximate surface area is 112 Å². The summed E-state index contributed by atoms with van der Waals surface area (Å²) in [4.78, 5) is 18.0. The highest BCUT2D eigenvalue weighted by atomic mass is 35.5. The second-order valence-electron chi connectivity index (χ2n) is 3.59. The average molecular weight is 283 g/mol. The van der Waals surface area contributed by atoms with Crippen LogP contribution in [0.4, 0.5) is 16.0 Å². The van der Waals surface area contributed by atoms with Crippen molar-refractivity contribution in [2.24, 2.45) is 0 Å². The SMILES string of the molecule is CNc1ncc([N+](=O)[O-])c(-c2cc(F)cc(Cl)c2)n1. The lowest BCUT2D eigenvalue weighted by molar-refractivity contribution is -0.384. The van der Waals surface area contributed by atoms with Gasteiger partial charge in [-0.3, -0.25) is 10.1 Å². The number of anilines is 1. The molecule has 1 heterocycles. The zero-order chi connectivity index (χ0) is 14.0. The number of aromatic nitrogens is 2. The third kappa shape index (κ3) is 2.76.